The number of aliphatic hydroxyl groups is 1. The number of furan rings is 1. The predicted molar refractivity (Wildman–Crippen MR) is 123 cm³/mol. The molecule has 2 aliphatic heterocycles. The lowest BCUT2D eigenvalue weighted by atomic mass is 9.41. The van der Waals surface area contributed by atoms with Gasteiger partial charge in [0.2, 0.25) is 0 Å². The van der Waals surface area contributed by atoms with Crippen LogP contribution < -0.4 is 0 Å². The molecule has 0 aromatic carbocycles. The SMILES string of the molecule is C=C1C2CC[C@@]3(C)[C@H](c4ccoc4)OC(=O)C[C@]13O[C@H]1CC(=O)C(C)(C)[C@H](C(O)C(=O)OC)[C@@]21C. The van der Waals surface area contributed by atoms with Crippen molar-refractivity contribution in [1.82, 2.24) is 0 Å². The number of cyclic esters (lactones) is 1. The smallest absolute Gasteiger partial charge is 0.335 e. The van der Waals surface area contributed by atoms with Crippen LogP contribution in [0.4, 0.5) is 0 Å². The fraction of sp³-hybridized carbons (Fsp3) is 0.667. The summed E-state index contributed by atoms with van der Waals surface area (Å²) in [6.07, 6.45) is 1.91. The van der Waals surface area contributed by atoms with E-state index in [1.54, 1.807) is 32.4 Å². The third kappa shape index (κ3) is 2.90. The molecule has 8 heteroatoms. The van der Waals surface area contributed by atoms with E-state index >= 15 is 0 Å². The standard InChI is InChI=1S/C27H34O8/c1-14-16-7-9-25(4)22(15-8-10-33-13-15)34-19(29)12-27(14,25)35-18-11-17(28)24(2,3)21(26(16,18)5)20(30)23(31)32-6/h8,10,13,16,18,20-22,30H,1,7,9,11-12H2,2-6H3/t16?,18-,20?,21-,22-,25-,26-,27-/m0/s1. The highest BCUT2D eigenvalue weighted by Gasteiger charge is 2.74. The molecule has 5 rings (SSSR count). The molecule has 1 aromatic heterocycles. The van der Waals surface area contributed by atoms with Crippen LogP contribution in [-0.4, -0.2) is 47.7 Å². The fourth-order valence-corrected chi connectivity index (χ4v) is 8.08. The van der Waals surface area contributed by atoms with Crippen LogP contribution in [0.5, 0.6) is 0 Å². The highest BCUT2D eigenvalue weighted by molar-refractivity contribution is 5.88. The van der Waals surface area contributed by atoms with Gasteiger partial charge in [-0.3, -0.25) is 9.59 Å². The summed E-state index contributed by atoms with van der Waals surface area (Å²) in [5.74, 6) is -2.20. The summed E-state index contributed by atoms with van der Waals surface area (Å²) in [6.45, 7) is 12.1. The highest BCUT2D eigenvalue weighted by atomic mass is 16.6. The zero-order valence-electron chi connectivity index (χ0n) is 21.0. The number of aliphatic hydroxyl groups excluding tert-OH is 1. The molecular formula is C27H34O8. The molecule has 1 N–H and O–H groups in total. The van der Waals surface area contributed by atoms with Crippen molar-refractivity contribution in [3.63, 3.8) is 0 Å². The minimum atomic E-state index is -1.50. The monoisotopic (exact) mass is 486 g/mol. The van der Waals surface area contributed by atoms with Crippen molar-refractivity contribution in [2.45, 2.75) is 77.3 Å². The normalized spacial score (nSPS) is 43.0. The van der Waals surface area contributed by atoms with Gasteiger partial charge in [0.25, 0.3) is 0 Å². The van der Waals surface area contributed by atoms with E-state index < -0.39 is 58.0 Å². The first-order chi connectivity index (χ1) is 16.3. The first-order valence-corrected chi connectivity index (χ1v) is 12.2. The second-order valence-electron chi connectivity index (χ2n) is 11.7. The Hall–Kier alpha value is -2.45. The summed E-state index contributed by atoms with van der Waals surface area (Å²) >= 11 is 0. The molecule has 1 spiro atoms. The first-order valence-electron chi connectivity index (χ1n) is 12.2. The van der Waals surface area contributed by atoms with Gasteiger partial charge in [-0.25, -0.2) is 4.79 Å². The molecule has 1 aromatic rings. The van der Waals surface area contributed by atoms with Gasteiger partial charge < -0.3 is 23.7 Å². The van der Waals surface area contributed by atoms with Crippen LogP contribution in [0.25, 0.3) is 0 Å². The van der Waals surface area contributed by atoms with E-state index in [9.17, 15) is 19.5 Å². The Labute approximate surface area is 205 Å². The number of carbonyl (C=O) groups is 3. The van der Waals surface area contributed by atoms with Crippen LogP contribution in [-0.2, 0) is 28.6 Å². The molecule has 4 fully saturated rings. The summed E-state index contributed by atoms with van der Waals surface area (Å²) in [4.78, 5) is 39.0. The summed E-state index contributed by atoms with van der Waals surface area (Å²) < 4.78 is 23.0. The minimum Gasteiger partial charge on any atom is -0.472 e. The molecule has 2 unspecified atom stereocenters. The van der Waals surface area contributed by atoms with Crippen LogP contribution in [0, 0.1) is 28.1 Å². The maximum atomic E-state index is 13.4. The highest BCUT2D eigenvalue weighted by Crippen LogP contribution is 2.71. The number of hydrogen-bond acceptors (Lipinski definition) is 8. The van der Waals surface area contributed by atoms with Crippen LogP contribution in [0.1, 0.15) is 65.0 Å². The summed E-state index contributed by atoms with van der Waals surface area (Å²) in [6, 6.07) is 1.79. The third-order valence-electron chi connectivity index (χ3n) is 9.96. The third-order valence-corrected chi connectivity index (χ3v) is 9.96. The number of methoxy groups -OCH3 is 1. The van der Waals surface area contributed by atoms with Crippen LogP contribution >= 0.6 is 0 Å². The molecule has 2 bridgehead atoms. The molecule has 2 saturated carbocycles. The van der Waals surface area contributed by atoms with E-state index in [2.05, 4.69) is 13.5 Å². The van der Waals surface area contributed by atoms with Gasteiger partial charge in [-0.15, -0.1) is 0 Å². The van der Waals surface area contributed by atoms with Crippen molar-refractivity contribution in [3.05, 3.63) is 36.3 Å². The second-order valence-corrected chi connectivity index (χ2v) is 11.7. The van der Waals surface area contributed by atoms with Gasteiger partial charge in [0, 0.05) is 34.1 Å². The summed E-state index contributed by atoms with van der Waals surface area (Å²) in [7, 11) is 1.23. The van der Waals surface area contributed by atoms with E-state index in [1.807, 2.05) is 6.92 Å². The average molecular weight is 487 g/mol. The molecule has 35 heavy (non-hydrogen) atoms. The summed E-state index contributed by atoms with van der Waals surface area (Å²) in [5.41, 5.74) is -1.92. The van der Waals surface area contributed by atoms with Gasteiger partial charge in [0.15, 0.2) is 6.10 Å². The number of Topliss-reactive ketones (excluding diaryl/α,β-unsaturated/α-hetero) is 1. The van der Waals surface area contributed by atoms with E-state index in [4.69, 9.17) is 18.6 Å². The van der Waals surface area contributed by atoms with Crippen LogP contribution in [0.2, 0.25) is 0 Å². The van der Waals surface area contributed by atoms with Crippen molar-refractivity contribution in [1.29, 1.82) is 0 Å². The van der Waals surface area contributed by atoms with E-state index in [0.29, 0.717) is 12.8 Å². The average Bonchev–Trinajstić information content (AvgIpc) is 3.32. The number of esters is 2. The van der Waals surface area contributed by atoms with Gasteiger partial charge in [-0.2, -0.15) is 0 Å². The lowest BCUT2D eigenvalue weighted by Crippen LogP contribution is -2.74. The molecule has 2 saturated heterocycles. The van der Waals surface area contributed by atoms with Crippen molar-refractivity contribution < 1.29 is 38.1 Å². The Morgan fingerprint density at radius 1 is 1.26 bits per heavy atom. The van der Waals surface area contributed by atoms with Crippen LogP contribution in [0.3, 0.4) is 0 Å². The quantitative estimate of drug-likeness (QED) is 0.510. The minimum absolute atomic E-state index is 0.00156. The largest absolute Gasteiger partial charge is 0.472 e. The van der Waals surface area contributed by atoms with Gasteiger partial charge >= 0.3 is 11.9 Å². The Bertz CT molecular complexity index is 1090. The molecule has 8 nitrogen and oxygen atoms in total. The Morgan fingerprint density at radius 2 is 1.97 bits per heavy atom. The van der Waals surface area contributed by atoms with Crippen molar-refractivity contribution in [2.75, 3.05) is 7.11 Å². The number of fused-ring (bicyclic) bond motifs is 3. The lowest BCUT2D eigenvalue weighted by molar-refractivity contribution is -0.303. The van der Waals surface area contributed by atoms with Gasteiger partial charge in [-0.1, -0.05) is 34.3 Å². The number of hydrogen-bond donors (Lipinski definition) is 1. The van der Waals surface area contributed by atoms with Crippen LogP contribution in [0.15, 0.2) is 35.2 Å². The predicted octanol–water partition coefficient (Wildman–Crippen LogP) is 3.53. The summed E-state index contributed by atoms with van der Waals surface area (Å²) in [5, 5.41) is 11.2. The Balaban J connectivity index is 1.65. The van der Waals surface area contributed by atoms with Crippen molar-refractivity contribution in [3.8, 4) is 0 Å². The molecule has 190 valence electrons. The number of carbonyl (C=O) groups excluding carboxylic acids is 3. The molecule has 3 heterocycles. The number of ketones is 1. The zero-order chi connectivity index (χ0) is 25.6. The maximum Gasteiger partial charge on any atom is 0.335 e. The van der Waals surface area contributed by atoms with E-state index in [-0.39, 0.29) is 24.5 Å². The second kappa shape index (κ2) is 7.53. The first kappa shape index (κ1) is 24.3. The molecular weight excluding hydrogens is 452 g/mol. The van der Waals surface area contributed by atoms with E-state index in [0.717, 1.165) is 11.1 Å². The number of ether oxygens (including phenoxy) is 3. The van der Waals surface area contributed by atoms with Gasteiger partial charge in [-0.05, 0) is 30.4 Å². The molecule has 2 aliphatic carbocycles. The Kier molecular flexibility index (Phi) is 5.22. The van der Waals surface area contributed by atoms with E-state index in [1.165, 1.54) is 7.11 Å². The topological polar surface area (TPSA) is 112 Å². The molecule has 8 atom stereocenters. The van der Waals surface area contributed by atoms with Crippen molar-refractivity contribution >= 4 is 17.7 Å². The fourth-order valence-electron chi connectivity index (χ4n) is 8.08. The maximum absolute atomic E-state index is 13.4. The molecule has 0 amide bonds. The Morgan fingerprint density at radius 3 is 2.60 bits per heavy atom. The molecule has 4 aliphatic rings. The van der Waals surface area contributed by atoms with Crippen molar-refractivity contribution in [2.24, 2.45) is 28.1 Å². The lowest BCUT2D eigenvalue weighted by Gasteiger charge is -2.70. The van der Waals surface area contributed by atoms with Gasteiger partial charge in [0.1, 0.15) is 17.5 Å². The van der Waals surface area contributed by atoms with Gasteiger partial charge in [0.05, 0.1) is 32.2 Å². The zero-order valence-corrected chi connectivity index (χ0v) is 21.0. The molecule has 0 radical (unpaired) electrons. The number of rotatable bonds is 3.